The number of carbonyl (C=O) groups is 1. The molecule has 0 bridgehead atoms. The molecule has 1 aliphatic heterocycles. The van der Waals surface area contributed by atoms with E-state index in [1.54, 1.807) is 0 Å². The summed E-state index contributed by atoms with van der Waals surface area (Å²) in [7, 11) is 0. The molecule has 1 aliphatic rings. The zero-order valence-electron chi connectivity index (χ0n) is 16.1. The van der Waals surface area contributed by atoms with Gasteiger partial charge in [0.1, 0.15) is 0 Å². The summed E-state index contributed by atoms with van der Waals surface area (Å²) in [6.07, 6.45) is 6.69. The van der Waals surface area contributed by atoms with E-state index in [0.717, 1.165) is 53.6 Å². The number of rotatable bonds is 5. The van der Waals surface area contributed by atoms with Crippen LogP contribution in [0.15, 0.2) is 54.7 Å². The van der Waals surface area contributed by atoms with Crippen molar-refractivity contribution in [3.05, 3.63) is 77.0 Å². The molecule has 1 aromatic heterocycles. The second kappa shape index (κ2) is 7.53. The van der Waals surface area contributed by atoms with Gasteiger partial charge in [0.05, 0.1) is 0 Å². The average molecular weight is 358 g/mol. The Hall–Kier alpha value is -2.65. The van der Waals surface area contributed by atoms with Crippen LogP contribution in [0, 0.1) is 6.92 Å². The Morgan fingerprint density at radius 3 is 2.78 bits per heavy atom. The summed E-state index contributed by atoms with van der Waals surface area (Å²) in [5.74, 6) is 0.0916. The summed E-state index contributed by atoms with van der Waals surface area (Å²) in [6, 6.07) is 13.8. The molecule has 2 aromatic carbocycles. The molecular weight excluding hydrogens is 332 g/mol. The molecule has 1 N–H and O–H groups in total. The molecule has 0 saturated heterocycles. The molecular formula is C24H26N2O. The maximum absolute atomic E-state index is 13.0. The van der Waals surface area contributed by atoms with E-state index in [-0.39, 0.29) is 5.78 Å². The largest absolute Gasteiger partial charge is 0.361 e. The van der Waals surface area contributed by atoms with Gasteiger partial charge < -0.3 is 4.98 Å². The minimum atomic E-state index is 0.0916. The summed E-state index contributed by atoms with van der Waals surface area (Å²) in [6.45, 7) is 7.49. The Morgan fingerprint density at radius 1 is 1.19 bits per heavy atom. The van der Waals surface area contributed by atoms with Crippen molar-refractivity contribution in [2.24, 2.45) is 0 Å². The summed E-state index contributed by atoms with van der Waals surface area (Å²) in [4.78, 5) is 18.9. The normalized spacial score (nSPS) is 15.1. The Kier molecular flexibility index (Phi) is 4.95. The van der Waals surface area contributed by atoms with Crippen LogP contribution in [0.25, 0.3) is 16.5 Å². The number of aromatic nitrogens is 1. The second-order valence-electron chi connectivity index (χ2n) is 7.39. The van der Waals surface area contributed by atoms with E-state index in [1.807, 2.05) is 43.3 Å². The summed E-state index contributed by atoms with van der Waals surface area (Å²) in [5.41, 5.74) is 6.25. The van der Waals surface area contributed by atoms with Crippen molar-refractivity contribution in [1.29, 1.82) is 0 Å². The monoisotopic (exact) mass is 358 g/mol. The third kappa shape index (κ3) is 3.47. The highest BCUT2D eigenvalue weighted by molar-refractivity contribution is 6.12. The Balaban J connectivity index is 1.68. The number of carbonyl (C=O) groups excluding carboxylic acids is 1. The first kappa shape index (κ1) is 17.7. The highest BCUT2D eigenvalue weighted by Gasteiger charge is 2.17. The van der Waals surface area contributed by atoms with Crippen LogP contribution in [0.3, 0.4) is 0 Å². The lowest BCUT2D eigenvalue weighted by Crippen LogP contribution is -2.29. The predicted molar refractivity (Wildman–Crippen MR) is 112 cm³/mol. The molecule has 0 spiro atoms. The fraction of sp³-hybridized carbons (Fsp3) is 0.292. The lowest BCUT2D eigenvalue weighted by atomic mass is 9.95. The maximum atomic E-state index is 13.0. The molecule has 0 unspecified atom stereocenters. The lowest BCUT2D eigenvalue weighted by molar-refractivity contribution is 0.103. The number of H-pyrrole nitrogens is 1. The Bertz CT molecular complexity index is 1010. The molecule has 0 fully saturated rings. The standard InChI is InChI=1S/C24H26N2O/c1-3-12-26-13-10-18(11-14-26)22-16-25-23-9-8-19(15-21(22)23)24(27)20-7-5-4-6-17(20)2/h4-10,15-16,25H,3,11-14H2,1-2H3. The van der Waals surface area contributed by atoms with Gasteiger partial charge in [-0.25, -0.2) is 0 Å². The number of benzene rings is 2. The van der Waals surface area contributed by atoms with Crippen LogP contribution in [0.4, 0.5) is 0 Å². The van der Waals surface area contributed by atoms with Crippen LogP contribution in [-0.4, -0.2) is 35.3 Å². The average Bonchev–Trinajstić information content (AvgIpc) is 3.12. The van der Waals surface area contributed by atoms with Crippen LogP contribution >= 0.6 is 0 Å². The molecule has 0 radical (unpaired) electrons. The number of hydrogen-bond acceptors (Lipinski definition) is 2. The SMILES string of the molecule is CCCN1CC=C(c2c[nH]c3ccc(C(=O)c4ccccc4C)cc23)CC1. The van der Waals surface area contributed by atoms with E-state index in [1.165, 1.54) is 17.6 Å². The Morgan fingerprint density at radius 2 is 2.04 bits per heavy atom. The van der Waals surface area contributed by atoms with E-state index >= 15 is 0 Å². The molecule has 27 heavy (non-hydrogen) atoms. The first-order valence-corrected chi connectivity index (χ1v) is 9.80. The van der Waals surface area contributed by atoms with Crippen molar-refractivity contribution in [2.75, 3.05) is 19.6 Å². The molecule has 3 aromatic rings. The minimum Gasteiger partial charge on any atom is -0.361 e. The van der Waals surface area contributed by atoms with Gasteiger partial charge in [0, 0.05) is 46.9 Å². The van der Waals surface area contributed by atoms with Gasteiger partial charge in [0.15, 0.2) is 5.78 Å². The summed E-state index contributed by atoms with van der Waals surface area (Å²) < 4.78 is 0. The van der Waals surface area contributed by atoms with Crippen molar-refractivity contribution in [1.82, 2.24) is 9.88 Å². The number of nitrogens with one attached hydrogen (secondary N) is 1. The number of aromatic amines is 1. The van der Waals surface area contributed by atoms with Gasteiger partial charge in [-0.1, -0.05) is 37.3 Å². The number of hydrogen-bond donors (Lipinski definition) is 1. The van der Waals surface area contributed by atoms with Crippen LogP contribution in [0.5, 0.6) is 0 Å². The zero-order valence-corrected chi connectivity index (χ0v) is 16.1. The first-order chi connectivity index (χ1) is 13.2. The van der Waals surface area contributed by atoms with E-state index in [4.69, 9.17) is 0 Å². The third-order valence-corrected chi connectivity index (χ3v) is 5.51. The van der Waals surface area contributed by atoms with E-state index in [2.05, 4.69) is 35.1 Å². The molecule has 0 atom stereocenters. The predicted octanol–water partition coefficient (Wildman–Crippen LogP) is 5.21. The van der Waals surface area contributed by atoms with Gasteiger partial charge in [-0.2, -0.15) is 0 Å². The number of fused-ring (bicyclic) bond motifs is 1. The van der Waals surface area contributed by atoms with Gasteiger partial charge in [-0.15, -0.1) is 0 Å². The molecule has 0 saturated carbocycles. The zero-order chi connectivity index (χ0) is 18.8. The summed E-state index contributed by atoms with van der Waals surface area (Å²) in [5, 5.41) is 1.14. The number of nitrogens with zero attached hydrogens (tertiary/aromatic N) is 1. The summed E-state index contributed by atoms with van der Waals surface area (Å²) >= 11 is 0. The van der Waals surface area contributed by atoms with Crippen LogP contribution in [0.2, 0.25) is 0 Å². The fourth-order valence-electron chi connectivity index (χ4n) is 3.99. The molecule has 4 rings (SSSR count). The molecule has 0 amide bonds. The molecule has 138 valence electrons. The maximum Gasteiger partial charge on any atom is 0.193 e. The van der Waals surface area contributed by atoms with Gasteiger partial charge in [-0.3, -0.25) is 9.69 Å². The third-order valence-electron chi connectivity index (χ3n) is 5.51. The van der Waals surface area contributed by atoms with Crippen LogP contribution < -0.4 is 0 Å². The number of ketones is 1. The molecule has 3 heteroatoms. The van der Waals surface area contributed by atoms with Gasteiger partial charge >= 0.3 is 0 Å². The topological polar surface area (TPSA) is 36.1 Å². The quantitative estimate of drug-likeness (QED) is 0.636. The van der Waals surface area contributed by atoms with E-state index < -0.39 is 0 Å². The number of aryl methyl sites for hydroxylation is 1. The lowest BCUT2D eigenvalue weighted by Gasteiger charge is -2.25. The van der Waals surface area contributed by atoms with Crippen LogP contribution in [0.1, 0.15) is 46.8 Å². The van der Waals surface area contributed by atoms with Crippen molar-refractivity contribution < 1.29 is 4.79 Å². The molecule has 3 nitrogen and oxygen atoms in total. The van der Waals surface area contributed by atoms with Crippen molar-refractivity contribution in [2.45, 2.75) is 26.7 Å². The minimum absolute atomic E-state index is 0.0916. The van der Waals surface area contributed by atoms with Crippen LogP contribution in [-0.2, 0) is 0 Å². The van der Waals surface area contributed by atoms with Gasteiger partial charge in [-0.05, 0) is 55.6 Å². The van der Waals surface area contributed by atoms with Crippen molar-refractivity contribution in [3.8, 4) is 0 Å². The highest BCUT2D eigenvalue weighted by Crippen LogP contribution is 2.30. The van der Waals surface area contributed by atoms with Crippen molar-refractivity contribution in [3.63, 3.8) is 0 Å². The van der Waals surface area contributed by atoms with Gasteiger partial charge in [0.2, 0.25) is 0 Å². The highest BCUT2D eigenvalue weighted by atomic mass is 16.1. The Labute approximate surface area is 160 Å². The smallest absolute Gasteiger partial charge is 0.193 e. The van der Waals surface area contributed by atoms with Gasteiger partial charge in [0.25, 0.3) is 0 Å². The van der Waals surface area contributed by atoms with E-state index in [0.29, 0.717) is 0 Å². The molecule has 0 aliphatic carbocycles. The second-order valence-corrected chi connectivity index (χ2v) is 7.39. The fourth-order valence-corrected chi connectivity index (χ4v) is 3.99. The molecule has 2 heterocycles. The first-order valence-electron chi connectivity index (χ1n) is 9.80. The van der Waals surface area contributed by atoms with E-state index in [9.17, 15) is 4.79 Å². The van der Waals surface area contributed by atoms with Crippen molar-refractivity contribution >= 4 is 22.3 Å².